The number of fused-ring (bicyclic) bond motifs is 1. The number of rotatable bonds is 7. The van der Waals surface area contributed by atoms with Gasteiger partial charge in [0.05, 0.1) is 7.11 Å². The topological polar surface area (TPSA) is 102 Å². The van der Waals surface area contributed by atoms with Gasteiger partial charge in [-0.25, -0.2) is 4.79 Å². The van der Waals surface area contributed by atoms with Gasteiger partial charge in [-0.15, -0.1) is 15.3 Å². The van der Waals surface area contributed by atoms with Gasteiger partial charge in [0.2, 0.25) is 5.91 Å². The summed E-state index contributed by atoms with van der Waals surface area (Å²) in [6.45, 7) is 5.72. The molecule has 0 saturated carbocycles. The first-order chi connectivity index (χ1) is 13.0. The number of hydrogen-bond acceptors (Lipinski definition) is 7. The zero-order valence-electron chi connectivity index (χ0n) is 16.0. The van der Waals surface area contributed by atoms with Crippen molar-refractivity contribution in [3.05, 3.63) is 18.0 Å². The number of aryl methyl sites for hydroxylation is 1. The maximum Gasteiger partial charge on any atom is 0.328 e. The Kier molecular flexibility index (Phi) is 5.88. The van der Waals surface area contributed by atoms with E-state index in [1.54, 1.807) is 4.52 Å². The molecule has 0 bridgehead atoms. The van der Waals surface area contributed by atoms with Gasteiger partial charge in [0.1, 0.15) is 11.9 Å². The number of nitrogens with one attached hydrogen (secondary N) is 1. The highest BCUT2D eigenvalue weighted by Gasteiger charge is 2.25. The molecule has 0 aromatic carbocycles. The SMILES string of the molecule is COC(=O)C(NC(=O)CCc1nnc2ccc(N3CCCC3)nn12)C(C)C. The molecular formula is C18H26N6O3. The molecule has 1 N–H and O–H groups in total. The molecule has 0 radical (unpaired) electrons. The summed E-state index contributed by atoms with van der Waals surface area (Å²) in [5.74, 6) is 0.797. The number of methoxy groups -OCH3 is 1. The molecule has 9 heteroatoms. The van der Waals surface area contributed by atoms with Crippen LogP contribution in [0.25, 0.3) is 5.65 Å². The van der Waals surface area contributed by atoms with E-state index in [1.165, 1.54) is 20.0 Å². The number of nitrogens with zero attached hydrogens (tertiary/aromatic N) is 5. The first-order valence-electron chi connectivity index (χ1n) is 9.33. The van der Waals surface area contributed by atoms with Crippen molar-refractivity contribution in [3.8, 4) is 0 Å². The van der Waals surface area contributed by atoms with Gasteiger partial charge in [0.25, 0.3) is 0 Å². The molecule has 1 unspecified atom stereocenters. The molecule has 0 spiro atoms. The summed E-state index contributed by atoms with van der Waals surface area (Å²) in [4.78, 5) is 26.3. The number of carbonyl (C=O) groups excluding carboxylic acids is 2. The third-order valence-electron chi connectivity index (χ3n) is 4.76. The summed E-state index contributed by atoms with van der Waals surface area (Å²) in [7, 11) is 1.32. The lowest BCUT2D eigenvalue weighted by atomic mass is 10.0. The Hall–Kier alpha value is -2.71. The highest BCUT2D eigenvalue weighted by Crippen LogP contribution is 2.18. The summed E-state index contributed by atoms with van der Waals surface area (Å²) in [6, 6.07) is 3.19. The molecule has 2 aromatic heterocycles. The van der Waals surface area contributed by atoms with Gasteiger partial charge in [0.15, 0.2) is 11.5 Å². The van der Waals surface area contributed by atoms with Crippen LogP contribution in [0.3, 0.4) is 0 Å². The minimum atomic E-state index is -0.655. The molecule has 27 heavy (non-hydrogen) atoms. The summed E-state index contributed by atoms with van der Waals surface area (Å²) in [5.41, 5.74) is 0.656. The van der Waals surface area contributed by atoms with Gasteiger partial charge in [0, 0.05) is 25.9 Å². The van der Waals surface area contributed by atoms with Crippen molar-refractivity contribution in [2.24, 2.45) is 5.92 Å². The summed E-state index contributed by atoms with van der Waals surface area (Å²) in [5, 5.41) is 15.7. The molecule has 0 aliphatic carbocycles. The van der Waals surface area contributed by atoms with E-state index in [4.69, 9.17) is 4.74 Å². The van der Waals surface area contributed by atoms with Crippen molar-refractivity contribution < 1.29 is 14.3 Å². The molecule has 3 heterocycles. The second kappa shape index (κ2) is 8.32. The third kappa shape index (κ3) is 4.35. The maximum absolute atomic E-state index is 12.3. The van der Waals surface area contributed by atoms with E-state index in [9.17, 15) is 9.59 Å². The van der Waals surface area contributed by atoms with Crippen LogP contribution in [0.5, 0.6) is 0 Å². The van der Waals surface area contributed by atoms with Crippen LogP contribution in [0.2, 0.25) is 0 Å². The quantitative estimate of drug-likeness (QED) is 0.721. The molecule has 1 aliphatic rings. The Labute approximate surface area is 158 Å². The number of hydrogen-bond donors (Lipinski definition) is 1. The summed E-state index contributed by atoms with van der Waals surface area (Å²) >= 11 is 0. The number of ether oxygens (including phenoxy) is 1. The number of esters is 1. The molecular weight excluding hydrogens is 348 g/mol. The van der Waals surface area contributed by atoms with E-state index >= 15 is 0 Å². The molecule has 1 amide bonds. The minimum Gasteiger partial charge on any atom is -0.467 e. The zero-order chi connectivity index (χ0) is 19.4. The van der Waals surface area contributed by atoms with E-state index in [1.807, 2.05) is 26.0 Å². The van der Waals surface area contributed by atoms with Crippen LogP contribution in [0.15, 0.2) is 12.1 Å². The van der Waals surface area contributed by atoms with Crippen LogP contribution >= 0.6 is 0 Å². The van der Waals surface area contributed by atoms with Crippen molar-refractivity contribution in [1.29, 1.82) is 0 Å². The lowest BCUT2D eigenvalue weighted by Gasteiger charge is -2.19. The Morgan fingerprint density at radius 1 is 1.22 bits per heavy atom. The first-order valence-corrected chi connectivity index (χ1v) is 9.33. The Balaban J connectivity index is 1.66. The normalized spacial score (nSPS) is 15.3. The molecule has 146 valence electrons. The van der Waals surface area contributed by atoms with Crippen molar-refractivity contribution in [2.75, 3.05) is 25.1 Å². The predicted octanol–water partition coefficient (Wildman–Crippen LogP) is 0.971. The molecule has 2 aromatic rings. The number of amides is 1. The minimum absolute atomic E-state index is 0.0555. The Morgan fingerprint density at radius 3 is 2.63 bits per heavy atom. The van der Waals surface area contributed by atoms with Crippen molar-refractivity contribution >= 4 is 23.3 Å². The summed E-state index contributed by atoms with van der Waals surface area (Å²) < 4.78 is 6.45. The van der Waals surface area contributed by atoms with Gasteiger partial charge in [-0.05, 0) is 30.9 Å². The molecule has 1 atom stereocenters. The van der Waals surface area contributed by atoms with Gasteiger partial charge < -0.3 is 15.0 Å². The molecule has 1 aliphatic heterocycles. The van der Waals surface area contributed by atoms with Crippen LogP contribution < -0.4 is 10.2 Å². The van der Waals surface area contributed by atoms with Crippen molar-refractivity contribution in [1.82, 2.24) is 25.1 Å². The van der Waals surface area contributed by atoms with Crippen molar-refractivity contribution in [3.63, 3.8) is 0 Å². The monoisotopic (exact) mass is 374 g/mol. The summed E-state index contributed by atoms with van der Waals surface area (Å²) in [6.07, 6.45) is 2.92. The van der Waals surface area contributed by atoms with Crippen LogP contribution in [0.1, 0.15) is 38.9 Å². The highest BCUT2D eigenvalue weighted by atomic mass is 16.5. The largest absolute Gasteiger partial charge is 0.467 e. The van der Waals surface area contributed by atoms with Crippen LogP contribution in [-0.2, 0) is 20.7 Å². The van der Waals surface area contributed by atoms with Gasteiger partial charge in [-0.1, -0.05) is 13.8 Å². The second-order valence-corrected chi connectivity index (χ2v) is 7.08. The van der Waals surface area contributed by atoms with E-state index in [2.05, 4.69) is 25.5 Å². The van der Waals surface area contributed by atoms with E-state index < -0.39 is 12.0 Å². The van der Waals surface area contributed by atoms with Gasteiger partial charge in [-0.3, -0.25) is 4.79 Å². The Bertz CT molecular complexity index is 813. The van der Waals surface area contributed by atoms with E-state index in [0.717, 1.165) is 18.9 Å². The van der Waals surface area contributed by atoms with Crippen LogP contribution in [-0.4, -0.2) is 57.9 Å². The molecule has 9 nitrogen and oxygen atoms in total. The van der Waals surface area contributed by atoms with E-state index in [-0.39, 0.29) is 18.2 Å². The highest BCUT2D eigenvalue weighted by molar-refractivity contribution is 5.84. The Morgan fingerprint density at radius 2 is 1.96 bits per heavy atom. The average Bonchev–Trinajstić information content (AvgIpc) is 3.33. The van der Waals surface area contributed by atoms with E-state index in [0.29, 0.717) is 17.9 Å². The second-order valence-electron chi connectivity index (χ2n) is 7.08. The molecule has 1 fully saturated rings. The average molecular weight is 374 g/mol. The van der Waals surface area contributed by atoms with Crippen LogP contribution in [0.4, 0.5) is 5.82 Å². The predicted molar refractivity (Wildman–Crippen MR) is 99.3 cm³/mol. The number of aromatic nitrogens is 4. The van der Waals surface area contributed by atoms with Crippen LogP contribution in [0, 0.1) is 5.92 Å². The molecule has 3 rings (SSSR count). The fourth-order valence-corrected chi connectivity index (χ4v) is 3.19. The third-order valence-corrected chi connectivity index (χ3v) is 4.76. The maximum atomic E-state index is 12.3. The lowest BCUT2D eigenvalue weighted by Crippen LogP contribution is -2.45. The lowest BCUT2D eigenvalue weighted by molar-refractivity contribution is -0.146. The first kappa shape index (κ1) is 19.1. The van der Waals surface area contributed by atoms with Gasteiger partial charge in [-0.2, -0.15) is 4.52 Å². The van der Waals surface area contributed by atoms with Gasteiger partial charge >= 0.3 is 5.97 Å². The number of carbonyl (C=O) groups is 2. The standard InChI is InChI=1S/C18H26N6O3/c1-12(2)17(18(26)27-3)19-16(25)9-8-14-21-20-13-6-7-15(22-24(13)14)23-10-4-5-11-23/h6-7,12,17H,4-5,8-11H2,1-3H3,(H,19,25). The van der Waals surface area contributed by atoms with Crippen molar-refractivity contribution in [2.45, 2.75) is 45.6 Å². The smallest absolute Gasteiger partial charge is 0.328 e. The zero-order valence-corrected chi connectivity index (χ0v) is 16.0. The molecule has 1 saturated heterocycles. The fraction of sp³-hybridized carbons (Fsp3) is 0.611. The number of anilines is 1. The fourth-order valence-electron chi connectivity index (χ4n) is 3.19.